The quantitative estimate of drug-likeness (QED) is 0.184. The second-order valence-corrected chi connectivity index (χ2v) is 11.6. The Morgan fingerprint density at radius 3 is 2.16 bits per heavy atom. The summed E-state index contributed by atoms with van der Waals surface area (Å²) >= 11 is 6.21. The third kappa shape index (κ3) is 9.49. The lowest BCUT2D eigenvalue weighted by Crippen LogP contribution is -2.46. The van der Waals surface area contributed by atoms with E-state index < -0.39 is 47.4 Å². The Balaban J connectivity index is 1.75. The summed E-state index contributed by atoms with van der Waals surface area (Å²) < 4.78 is 89.3. The predicted molar refractivity (Wildman–Crippen MR) is 154 cm³/mol. The van der Waals surface area contributed by atoms with E-state index in [2.05, 4.69) is 16.0 Å². The number of rotatable bonds is 11. The molecule has 15 heteroatoms. The summed E-state index contributed by atoms with van der Waals surface area (Å²) in [6.45, 7) is 1.51. The molecule has 45 heavy (non-hydrogen) atoms. The summed E-state index contributed by atoms with van der Waals surface area (Å²) in [6.07, 6.45) is -8.97. The Labute approximate surface area is 261 Å². The van der Waals surface area contributed by atoms with E-state index in [0.717, 1.165) is 13.8 Å². The Morgan fingerprint density at radius 2 is 1.56 bits per heavy atom. The molecule has 0 aliphatic heterocycles. The third-order valence-corrected chi connectivity index (χ3v) is 7.89. The van der Waals surface area contributed by atoms with Gasteiger partial charge in [0.05, 0.1) is 28.7 Å². The average molecular weight is 666 g/mol. The molecule has 3 rings (SSSR count). The maximum atomic E-state index is 13.2. The van der Waals surface area contributed by atoms with Gasteiger partial charge in [-0.1, -0.05) is 17.7 Å². The molecule has 1 saturated carbocycles. The van der Waals surface area contributed by atoms with Crippen LogP contribution in [0.15, 0.2) is 36.4 Å². The van der Waals surface area contributed by atoms with E-state index >= 15 is 0 Å². The van der Waals surface area contributed by atoms with Gasteiger partial charge in [0.2, 0.25) is 5.91 Å². The van der Waals surface area contributed by atoms with E-state index in [1.807, 2.05) is 0 Å². The van der Waals surface area contributed by atoms with Gasteiger partial charge in [-0.05, 0) is 75.4 Å². The van der Waals surface area contributed by atoms with Crippen molar-refractivity contribution in [2.75, 3.05) is 25.6 Å². The van der Waals surface area contributed by atoms with Crippen molar-refractivity contribution in [2.45, 2.75) is 64.5 Å². The molecule has 0 bridgehead atoms. The molecule has 0 saturated heterocycles. The van der Waals surface area contributed by atoms with Crippen LogP contribution in [0.25, 0.3) is 0 Å². The Kier molecular flexibility index (Phi) is 11.8. The lowest BCUT2D eigenvalue weighted by atomic mass is 9.85. The molecule has 0 radical (unpaired) electrons. The summed E-state index contributed by atoms with van der Waals surface area (Å²) in [5.74, 6) is -3.82. The van der Waals surface area contributed by atoms with Gasteiger partial charge in [-0.25, -0.2) is 0 Å². The Bertz CT molecular complexity index is 1370. The van der Waals surface area contributed by atoms with E-state index in [4.69, 9.17) is 21.1 Å². The van der Waals surface area contributed by atoms with E-state index in [9.17, 15) is 40.7 Å². The number of amides is 3. The lowest BCUT2D eigenvalue weighted by Gasteiger charge is -2.30. The number of halogens is 7. The number of hydrogen-bond acceptors (Lipinski definition) is 5. The molecule has 0 heterocycles. The standard InChI is InChI=1S/C30H34ClF6N3O5/c1-28(2,30(35,36)37)27(43)38-16-17-4-10-23(31)21(14-17)25(41)40-20-9-11-24(45-13-12-44-3)22(15-20)26(42)39-19-7-5-18(6-8-19)29(32,33)34/h4,9-11,14-15,18-19H,5-8,12-13,16H2,1-3H3,(H,38,43)(H,39,42)(H,40,41). The first-order chi connectivity index (χ1) is 20.9. The van der Waals surface area contributed by atoms with Crippen LogP contribution >= 0.6 is 11.6 Å². The highest BCUT2D eigenvalue weighted by atomic mass is 35.5. The fraction of sp³-hybridized carbons (Fsp3) is 0.500. The third-order valence-electron chi connectivity index (χ3n) is 7.56. The molecule has 1 aliphatic carbocycles. The first kappa shape index (κ1) is 36.0. The second kappa shape index (κ2) is 14.7. The summed E-state index contributed by atoms with van der Waals surface area (Å²) in [5, 5.41) is 7.59. The fourth-order valence-corrected chi connectivity index (χ4v) is 4.76. The fourth-order valence-electron chi connectivity index (χ4n) is 4.56. The highest BCUT2D eigenvalue weighted by Crippen LogP contribution is 2.38. The molecule has 2 aromatic rings. The summed E-state index contributed by atoms with van der Waals surface area (Å²) in [7, 11) is 1.46. The van der Waals surface area contributed by atoms with Crippen LogP contribution in [0, 0.1) is 11.3 Å². The van der Waals surface area contributed by atoms with Crippen molar-refractivity contribution in [2.24, 2.45) is 11.3 Å². The normalized spacial score (nSPS) is 17.4. The van der Waals surface area contributed by atoms with E-state index in [0.29, 0.717) is 5.56 Å². The molecule has 1 fully saturated rings. The number of hydrogen-bond donors (Lipinski definition) is 3. The topological polar surface area (TPSA) is 106 Å². The highest BCUT2D eigenvalue weighted by molar-refractivity contribution is 6.34. The maximum absolute atomic E-state index is 13.2. The van der Waals surface area contributed by atoms with Crippen molar-refractivity contribution in [3.8, 4) is 5.75 Å². The summed E-state index contributed by atoms with van der Waals surface area (Å²) in [6, 6.07) is 7.87. The zero-order valence-corrected chi connectivity index (χ0v) is 25.5. The Hall–Kier alpha value is -3.52. The van der Waals surface area contributed by atoms with Crippen LogP contribution in [0.4, 0.5) is 32.0 Å². The summed E-state index contributed by atoms with van der Waals surface area (Å²) in [4.78, 5) is 38.5. The molecule has 0 unspecified atom stereocenters. The number of benzene rings is 2. The minimum absolute atomic E-state index is 0.0187. The molecule has 2 aromatic carbocycles. The molecule has 0 spiro atoms. The van der Waals surface area contributed by atoms with Gasteiger partial charge in [-0.15, -0.1) is 0 Å². The number of alkyl halides is 6. The van der Waals surface area contributed by atoms with Gasteiger partial charge in [-0.2, -0.15) is 26.3 Å². The molecule has 1 aliphatic rings. The molecule has 248 valence electrons. The van der Waals surface area contributed by atoms with Gasteiger partial charge in [0.25, 0.3) is 11.8 Å². The van der Waals surface area contributed by atoms with Gasteiger partial charge in [0.15, 0.2) is 0 Å². The lowest BCUT2D eigenvalue weighted by molar-refractivity contribution is -0.211. The van der Waals surface area contributed by atoms with E-state index in [1.54, 1.807) is 0 Å². The molecule has 3 N–H and O–H groups in total. The van der Waals surface area contributed by atoms with Gasteiger partial charge < -0.3 is 25.4 Å². The molecule has 3 amide bonds. The minimum Gasteiger partial charge on any atom is -0.490 e. The number of methoxy groups -OCH3 is 1. The second-order valence-electron chi connectivity index (χ2n) is 11.2. The average Bonchev–Trinajstić information content (AvgIpc) is 2.96. The van der Waals surface area contributed by atoms with Crippen LogP contribution < -0.4 is 20.7 Å². The highest BCUT2D eigenvalue weighted by Gasteiger charge is 2.52. The Morgan fingerprint density at radius 1 is 0.889 bits per heavy atom. The SMILES string of the molecule is COCCOc1ccc(NC(=O)c2cc(CNC(=O)C(C)(C)C(F)(F)F)ccc2Cl)cc1C(=O)NC1CCC(C(F)(F)F)CC1. The first-order valence-electron chi connectivity index (χ1n) is 14.0. The zero-order chi connectivity index (χ0) is 33.6. The van der Waals surface area contributed by atoms with Gasteiger partial charge >= 0.3 is 12.4 Å². The smallest absolute Gasteiger partial charge is 0.402 e. The zero-order valence-electron chi connectivity index (χ0n) is 24.8. The van der Waals surface area contributed by atoms with Crippen LogP contribution in [0.5, 0.6) is 5.75 Å². The van der Waals surface area contributed by atoms with Gasteiger partial charge in [-0.3, -0.25) is 14.4 Å². The van der Waals surface area contributed by atoms with Crippen LogP contribution in [0.2, 0.25) is 5.02 Å². The van der Waals surface area contributed by atoms with Crippen molar-refractivity contribution in [3.05, 3.63) is 58.1 Å². The van der Waals surface area contributed by atoms with Crippen LogP contribution in [0.3, 0.4) is 0 Å². The molecule has 0 atom stereocenters. The first-order valence-corrected chi connectivity index (χ1v) is 14.4. The van der Waals surface area contributed by atoms with E-state index in [1.165, 1.54) is 43.5 Å². The van der Waals surface area contributed by atoms with Crippen LogP contribution in [-0.2, 0) is 16.1 Å². The number of ether oxygens (including phenoxy) is 2. The summed E-state index contributed by atoms with van der Waals surface area (Å²) in [5.41, 5.74) is -2.20. The van der Waals surface area contributed by atoms with Gasteiger partial charge in [0, 0.05) is 25.4 Å². The molecule has 8 nitrogen and oxygen atoms in total. The number of nitrogens with one attached hydrogen (secondary N) is 3. The molecule has 0 aromatic heterocycles. The van der Waals surface area contributed by atoms with Crippen molar-refractivity contribution in [3.63, 3.8) is 0 Å². The van der Waals surface area contributed by atoms with Crippen molar-refractivity contribution >= 4 is 35.0 Å². The van der Waals surface area contributed by atoms with Crippen LogP contribution in [0.1, 0.15) is 65.8 Å². The largest absolute Gasteiger partial charge is 0.490 e. The van der Waals surface area contributed by atoms with Crippen molar-refractivity contribution in [1.82, 2.24) is 10.6 Å². The molecular formula is C30H34ClF6N3O5. The monoisotopic (exact) mass is 665 g/mol. The van der Waals surface area contributed by atoms with Gasteiger partial charge in [0.1, 0.15) is 17.8 Å². The van der Waals surface area contributed by atoms with Crippen molar-refractivity contribution < 1.29 is 50.2 Å². The number of carbonyl (C=O) groups is 3. The molecular weight excluding hydrogens is 632 g/mol. The predicted octanol–water partition coefficient (Wildman–Crippen LogP) is 6.67. The number of carbonyl (C=O) groups excluding carboxylic acids is 3. The van der Waals surface area contributed by atoms with E-state index in [-0.39, 0.29) is 73.0 Å². The minimum atomic E-state index is -4.77. The van der Waals surface area contributed by atoms with Crippen LogP contribution in [-0.4, -0.2) is 56.4 Å². The number of anilines is 1. The van der Waals surface area contributed by atoms with Crippen molar-refractivity contribution in [1.29, 1.82) is 0 Å². The maximum Gasteiger partial charge on any atom is 0.402 e.